The number of rotatable bonds is 19. The van der Waals surface area contributed by atoms with Crippen molar-refractivity contribution in [2.24, 2.45) is 0 Å². The van der Waals surface area contributed by atoms with Crippen LogP contribution in [-0.2, 0) is 15.1 Å². The number of hydrogen-bond donors (Lipinski definition) is 1. The number of halogens is 1. The van der Waals surface area contributed by atoms with E-state index in [2.05, 4.69) is 29.7 Å². The number of nitrogens with zero attached hydrogens (tertiary/aromatic N) is 2. The first-order chi connectivity index (χ1) is 25.9. The molecule has 0 spiro atoms. The van der Waals surface area contributed by atoms with Crippen molar-refractivity contribution in [3.05, 3.63) is 60.2 Å². The Morgan fingerprint density at radius 2 is 1.11 bits per heavy atom. The minimum Gasteiger partial charge on any atom is -1.00 e. The van der Waals surface area contributed by atoms with E-state index in [0.717, 1.165) is 114 Å². The second kappa shape index (κ2) is 35.9. The number of hydrogen-bond acceptors (Lipinski definition) is 7. The SMILES string of the molecule is C1CCOC1.CCCC(=O)CCC.CCCC(O)(CCC)c1ccc(OCCCN2CCCCC2)cc1.[Br-].[Mg+2].[c-]1ccc(OCCCN2CCCCC2)cc1. The molecule has 0 aliphatic carbocycles. The molecule has 0 bridgehead atoms. The van der Waals surface area contributed by atoms with Crippen molar-refractivity contribution in [2.75, 3.05) is 65.7 Å². The number of carbonyl (C=O) groups is 1. The van der Waals surface area contributed by atoms with Crippen LogP contribution in [0, 0.1) is 6.07 Å². The van der Waals surface area contributed by atoms with E-state index >= 15 is 0 Å². The molecular formula is C46H77BrMgN2O5. The van der Waals surface area contributed by atoms with Crippen LogP contribution < -0.4 is 26.5 Å². The van der Waals surface area contributed by atoms with E-state index in [4.69, 9.17) is 14.2 Å². The Kier molecular flexibility index (Phi) is 35.1. The summed E-state index contributed by atoms with van der Waals surface area (Å²) in [6.07, 6.45) is 20.2. The third-order valence-corrected chi connectivity index (χ3v) is 9.96. The fourth-order valence-electron chi connectivity index (χ4n) is 7.09. The van der Waals surface area contributed by atoms with E-state index in [1.54, 1.807) is 0 Å². The summed E-state index contributed by atoms with van der Waals surface area (Å²) < 4.78 is 16.5. The van der Waals surface area contributed by atoms with Crippen molar-refractivity contribution in [1.82, 2.24) is 9.80 Å². The maximum atomic E-state index is 10.9. The Balaban J connectivity index is 0.000000805. The molecule has 7 nitrogen and oxygen atoms in total. The van der Waals surface area contributed by atoms with Gasteiger partial charge in [-0.05, 0) is 121 Å². The molecule has 5 rings (SSSR count). The van der Waals surface area contributed by atoms with Crippen LogP contribution in [0.1, 0.15) is 149 Å². The Morgan fingerprint density at radius 1 is 0.673 bits per heavy atom. The van der Waals surface area contributed by atoms with Crippen molar-refractivity contribution >= 4 is 28.8 Å². The molecule has 0 saturated carbocycles. The van der Waals surface area contributed by atoms with Crippen molar-refractivity contribution in [1.29, 1.82) is 0 Å². The summed E-state index contributed by atoms with van der Waals surface area (Å²) in [6, 6.07) is 18.8. The first-order valence-electron chi connectivity index (χ1n) is 21.5. The van der Waals surface area contributed by atoms with E-state index in [0.29, 0.717) is 5.78 Å². The standard InChI is InChI=1S/C21H35NO2.C14H20NO.C7H14O.C4H8O.BrH.Mg/c1-3-13-21(23,14-4-2)19-9-11-20(12-10-19)24-18-8-17-22-15-6-5-7-16-22;1-3-8-14(9-4-1)16-13-7-12-15-10-5-2-6-11-15;1-3-5-7(8)6-4-2;1-2-4-5-3-1;;/h9-12,23H,3-8,13-18H2,1-2H3;3-4,8-9H,2,5-7,10-13H2;3-6H2,1-2H3;1-4H2;1H;/q;-1;;;;+2/p-1. The van der Waals surface area contributed by atoms with Gasteiger partial charge in [-0.2, -0.15) is 18.2 Å². The van der Waals surface area contributed by atoms with Gasteiger partial charge in [-0.25, -0.2) is 0 Å². The quantitative estimate of drug-likeness (QED) is 0.0925. The van der Waals surface area contributed by atoms with Crippen molar-refractivity contribution < 1.29 is 41.1 Å². The van der Waals surface area contributed by atoms with Gasteiger partial charge in [-0.1, -0.05) is 65.5 Å². The summed E-state index contributed by atoms with van der Waals surface area (Å²) in [5.74, 6) is 2.28. The van der Waals surface area contributed by atoms with E-state index < -0.39 is 5.60 Å². The largest absolute Gasteiger partial charge is 2.00 e. The van der Waals surface area contributed by atoms with Gasteiger partial charge >= 0.3 is 23.1 Å². The number of aliphatic hydroxyl groups is 1. The van der Waals surface area contributed by atoms with Gasteiger partial charge in [0.25, 0.3) is 0 Å². The van der Waals surface area contributed by atoms with Crippen LogP contribution >= 0.6 is 0 Å². The van der Waals surface area contributed by atoms with Crippen LogP contribution in [0.2, 0.25) is 0 Å². The maximum absolute atomic E-state index is 10.9. The molecule has 3 fully saturated rings. The Morgan fingerprint density at radius 3 is 1.49 bits per heavy atom. The van der Waals surface area contributed by atoms with E-state index in [9.17, 15) is 9.90 Å². The molecule has 0 aromatic heterocycles. The minimum atomic E-state index is -0.684. The van der Waals surface area contributed by atoms with Crippen LogP contribution in [-0.4, -0.2) is 109 Å². The number of ether oxygens (including phenoxy) is 3. The number of ketones is 1. The molecule has 9 heteroatoms. The zero-order chi connectivity index (χ0) is 38.2. The van der Waals surface area contributed by atoms with Gasteiger partial charge in [0.1, 0.15) is 11.5 Å². The van der Waals surface area contributed by atoms with Gasteiger partial charge in [-0.3, -0.25) is 4.79 Å². The summed E-state index contributed by atoms with van der Waals surface area (Å²) in [7, 11) is 0. The average molecular weight is 842 g/mol. The topological polar surface area (TPSA) is 71.5 Å². The van der Waals surface area contributed by atoms with E-state index in [1.807, 2.05) is 62.4 Å². The summed E-state index contributed by atoms with van der Waals surface area (Å²) >= 11 is 0. The summed E-state index contributed by atoms with van der Waals surface area (Å²) in [5.41, 5.74) is 0.336. The number of carbonyl (C=O) groups excluding carboxylic acids is 1. The number of Topliss-reactive ketones (excluding diaryl/α,β-unsaturated/α-hetero) is 1. The summed E-state index contributed by atoms with van der Waals surface area (Å²) in [4.78, 5) is 15.7. The molecule has 2 aromatic carbocycles. The molecule has 1 N–H and O–H groups in total. The van der Waals surface area contributed by atoms with Gasteiger partial charge in [0.2, 0.25) is 0 Å². The van der Waals surface area contributed by atoms with Gasteiger partial charge in [0, 0.05) is 44.9 Å². The molecule has 3 aliphatic rings. The van der Waals surface area contributed by atoms with Crippen LogP contribution in [0.25, 0.3) is 0 Å². The van der Waals surface area contributed by atoms with E-state index in [1.165, 1.54) is 84.1 Å². The predicted octanol–water partition coefficient (Wildman–Crippen LogP) is 7.05. The first kappa shape index (κ1) is 53.8. The van der Waals surface area contributed by atoms with Crippen molar-refractivity contribution in [3.63, 3.8) is 0 Å². The molecule has 0 radical (unpaired) electrons. The van der Waals surface area contributed by atoms with Gasteiger partial charge in [0.15, 0.2) is 0 Å². The zero-order valence-electron chi connectivity index (χ0n) is 35.5. The minimum absolute atomic E-state index is 0. The Bertz CT molecular complexity index is 1110. The number of piperidine rings is 2. The molecule has 3 aliphatic heterocycles. The van der Waals surface area contributed by atoms with Gasteiger partial charge in [0.05, 0.1) is 18.8 Å². The number of benzene rings is 2. The van der Waals surface area contributed by atoms with Crippen LogP contribution in [0.5, 0.6) is 11.5 Å². The first-order valence-corrected chi connectivity index (χ1v) is 21.5. The summed E-state index contributed by atoms with van der Waals surface area (Å²) in [5, 5.41) is 10.9. The molecule has 3 heterocycles. The third-order valence-electron chi connectivity index (χ3n) is 9.96. The molecular weight excluding hydrogens is 765 g/mol. The van der Waals surface area contributed by atoms with Crippen LogP contribution in [0.4, 0.5) is 0 Å². The third kappa shape index (κ3) is 26.4. The second-order valence-corrected chi connectivity index (χ2v) is 14.9. The van der Waals surface area contributed by atoms with Crippen molar-refractivity contribution in [3.8, 4) is 11.5 Å². The van der Waals surface area contributed by atoms with Gasteiger partial charge < -0.3 is 46.1 Å². The van der Waals surface area contributed by atoms with Crippen molar-refractivity contribution in [2.45, 2.75) is 149 Å². The predicted molar refractivity (Wildman–Crippen MR) is 227 cm³/mol. The number of likely N-dealkylation sites (tertiary alicyclic amines) is 2. The average Bonchev–Trinajstić information content (AvgIpc) is 3.79. The molecule has 0 unspecified atom stereocenters. The van der Waals surface area contributed by atoms with Crippen LogP contribution in [0.15, 0.2) is 48.5 Å². The van der Waals surface area contributed by atoms with Gasteiger partial charge in [-0.15, -0.1) is 12.1 Å². The van der Waals surface area contributed by atoms with E-state index in [-0.39, 0.29) is 40.0 Å². The Hall–Kier alpha value is -1.20. The fourth-order valence-corrected chi connectivity index (χ4v) is 7.09. The molecule has 0 atom stereocenters. The van der Waals surface area contributed by atoms with Crippen LogP contribution in [0.3, 0.4) is 0 Å². The monoisotopic (exact) mass is 840 g/mol. The Labute approximate surface area is 363 Å². The molecule has 2 aromatic rings. The smallest absolute Gasteiger partial charge is 1.00 e. The normalized spacial score (nSPS) is 15.7. The second-order valence-electron chi connectivity index (χ2n) is 14.9. The summed E-state index contributed by atoms with van der Waals surface area (Å²) in [6.45, 7) is 19.3. The zero-order valence-corrected chi connectivity index (χ0v) is 38.5. The molecule has 0 amide bonds. The fraction of sp³-hybridized carbons (Fsp3) is 0.717. The molecule has 55 heavy (non-hydrogen) atoms. The molecule has 3 saturated heterocycles. The molecule has 310 valence electrons. The maximum Gasteiger partial charge on any atom is 2.00 e.